The number of carbonyl (C=O) groups excluding carboxylic acids is 2. The Morgan fingerprint density at radius 2 is 1.70 bits per heavy atom. The summed E-state index contributed by atoms with van der Waals surface area (Å²) in [4.78, 5) is 39.3. The molecule has 2 aliphatic heterocycles. The van der Waals surface area contributed by atoms with Gasteiger partial charge in [0.15, 0.2) is 0 Å². The summed E-state index contributed by atoms with van der Waals surface area (Å²) in [6.07, 6.45) is 0.257. The molecule has 2 heterocycles. The van der Waals surface area contributed by atoms with Crippen LogP contribution in [0.2, 0.25) is 0 Å². The molecule has 0 N–H and O–H groups in total. The fourth-order valence-electron chi connectivity index (χ4n) is 3.10. The Hall–Kier alpha value is -2.48. The molecule has 0 saturated carbocycles. The molecule has 0 aromatic heterocycles. The van der Waals surface area contributed by atoms with E-state index < -0.39 is 4.92 Å². The van der Waals surface area contributed by atoms with Gasteiger partial charge in [-0.3, -0.25) is 29.5 Å². The van der Waals surface area contributed by atoms with Gasteiger partial charge >= 0.3 is 0 Å². The average Bonchev–Trinajstić information content (AvgIpc) is 2.83. The van der Waals surface area contributed by atoms with Crippen molar-refractivity contribution >= 4 is 23.2 Å². The number of hydrogen-bond acceptors (Lipinski definition) is 6. The summed E-state index contributed by atoms with van der Waals surface area (Å²) in [7, 11) is 1.53. The molecule has 2 saturated heterocycles. The first-order valence-electron chi connectivity index (χ1n) is 7.51. The van der Waals surface area contributed by atoms with Crippen molar-refractivity contribution in [3.05, 3.63) is 34.4 Å². The normalized spacial score (nSPS) is 22.7. The number of amides is 2. The lowest BCUT2D eigenvalue weighted by atomic mass is 10.1. The molecule has 23 heavy (non-hydrogen) atoms. The lowest BCUT2D eigenvalue weighted by molar-refractivity contribution is -0.384. The van der Waals surface area contributed by atoms with E-state index in [2.05, 4.69) is 4.90 Å². The molecule has 0 radical (unpaired) electrons. The lowest BCUT2D eigenvalue weighted by Crippen LogP contribution is -2.52. The van der Waals surface area contributed by atoms with Gasteiger partial charge in [-0.1, -0.05) is 0 Å². The Kier molecular flexibility index (Phi) is 3.99. The van der Waals surface area contributed by atoms with Gasteiger partial charge in [0.1, 0.15) is 0 Å². The lowest BCUT2D eigenvalue weighted by Gasteiger charge is -2.38. The number of likely N-dealkylation sites (N-methyl/N-ethyl adjacent to an activating group) is 1. The number of hydrogen-bond donors (Lipinski definition) is 0. The molecule has 2 aliphatic rings. The summed E-state index contributed by atoms with van der Waals surface area (Å²) in [6, 6.07) is 6.13. The molecule has 1 atom stereocenters. The Bertz CT molecular complexity index is 637. The van der Waals surface area contributed by atoms with Crippen LogP contribution in [0.3, 0.4) is 0 Å². The third-order valence-electron chi connectivity index (χ3n) is 4.54. The number of nitrogens with zero attached hydrogens (tertiary/aromatic N) is 4. The fraction of sp³-hybridized carbons (Fsp3) is 0.467. The molecule has 0 aliphatic carbocycles. The predicted octanol–water partition coefficient (Wildman–Crippen LogP) is 0.474. The fourth-order valence-corrected chi connectivity index (χ4v) is 3.10. The predicted molar refractivity (Wildman–Crippen MR) is 83.1 cm³/mol. The highest BCUT2D eigenvalue weighted by Crippen LogP contribution is 2.23. The first-order chi connectivity index (χ1) is 11.0. The molecule has 0 spiro atoms. The number of benzene rings is 1. The van der Waals surface area contributed by atoms with E-state index in [9.17, 15) is 19.7 Å². The van der Waals surface area contributed by atoms with Crippen molar-refractivity contribution in [3.8, 4) is 0 Å². The van der Waals surface area contributed by atoms with Gasteiger partial charge in [0.25, 0.3) is 5.69 Å². The summed E-state index contributed by atoms with van der Waals surface area (Å²) >= 11 is 0. The first kappa shape index (κ1) is 15.4. The molecule has 0 unspecified atom stereocenters. The SMILES string of the molecule is CN1C(=O)C[C@H](N2CCN(c3ccc([N+](=O)[O-])cc3)CC2)C1=O. The van der Waals surface area contributed by atoms with Crippen LogP contribution in [0.5, 0.6) is 0 Å². The van der Waals surface area contributed by atoms with Crippen molar-refractivity contribution in [1.29, 1.82) is 0 Å². The second kappa shape index (κ2) is 5.96. The zero-order valence-corrected chi connectivity index (χ0v) is 12.8. The third kappa shape index (κ3) is 2.89. The number of rotatable bonds is 3. The monoisotopic (exact) mass is 318 g/mol. The molecule has 1 aromatic carbocycles. The largest absolute Gasteiger partial charge is 0.369 e. The molecule has 122 valence electrons. The number of nitro groups is 1. The smallest absolute Gasteiger partial charge is 0.269 e. The molecule has 1 aromatic rings. The Morgan fingerprint density at radius 1 is 1.09 bits per heavy atom. The van der Waals surface area contributed by atoms with Crippen LogP contribution in [0.4, 0.5) is 11.4 Å². The van der Waals surface area contributed by atoms with E-state index in [1.54, 1.807) is 12.1 Å². The number of carbonyl (C=O) groups is 2. The topological polar surface area (TPSA) is 87.0 Å². The van der Waals surface area contributed by atoms with Crippen LogP contribution in [-0.2, 0) is 9.59 Å². The third-order valence-corrected chi connectivity index (χ3v) is 4.54. The van der Waals surface area contributed by atoms with Gasteiger partial charge in [0.2, 0.25) is 11.8 Å². The summed E-state index contributed by atoms with van der Waals surface area (Å²) < 4.78 is 0. The van der Waals surface area contributed by atoms with Crippen LogP contribution in [0.1, 0.15) is 6.42 Å². The quantitative estimate of drug-likeness (QED) is 0.457. The van der Waals surface area contributed by atoms with E-state index in [-0.39, 0.29) is 30.0 Å². The summed E-state index contributed by atoms with van der Waals surface area (Å²) in [5, 5.41) is 10.7. The van der Waals surface area contributed by atoms with E-state index in [1.807, 2.05) is 4.90 Å². The zero-order chi connectivity index (χ0) is 16.6. The van der Waals surface area contributed by atoms with E-state index in [0.717, 1.165) is 18.8 Å². The highest BCUT2D eigenvalue weighted by molar-refractivity contribution is 6.05. The first-order valence-corrected chi connectivity index (χ1v) is 7.51. The van der Waals surface area contributed by atoms with Crippen molar-refractivity contribution in [1.82, 2.24) is 9.80 Å². The van der Waals surface area contributed by atoms with Gasteiger partial charge in [-0.2, -0.15) is 0 Å². The molecule has 2 fully saturated rings. The van der Waals surface area contributed by atoms with Gasteiger partial charge in [-0.15, -0.1) is 0 Å². The number of non-ortho nitro benzene ring substituents is 1. The Labute approximate surface area is 133 Å². The number of nitro benzene ring substituents is 1. The summed E-state index contributed by atoms with van der Waals surface area (Å²) in [5.41, 5.74) is 1.01. The molecular formula is C15H18N4O4. The highest BCUT2D eigenvalue weighted by Gasteiger charge is 2.40. The second-order valence-electron chi connectivity index (χ2n) is 5.81. The van der Waals surface area contributed by atoms with Crippen LogP contribution in [0, 0.1) is 10.1 Å². The van der Waals surface area contributed by atoms with Gasteiger partial charge in [-0.25, -0.2) is 0 Å². The summed E-state index contributed by atoms with van der Waals surface area (Å²) in [5.74, 6) is -0.253. The van der Waals surface area contributed by atoms with Crippen molar-refractivity contribution in [2.45, 2.75) is 12.5 Å². The van der Waals surface area contributed by atoms with E-state index >= 15 is 0 Å². The zero-order valence-electron chi connectivity index (χ0n) is 12.8. The maximum Gasteiger partial charge on any atom is 0.269 e. The average molecular weight is 318 g/mol. The maximum absolute atomic E-state index is 12.1. The van der Waals surface area contributed by atoms with Crippen molar-refractivity contribution < 1.29 is 14.5 Å². The van der Waals surface area contributed by atoms with Gasteiger partial charge in [-0.05, 0) is 12.1 Å². The minimum Gasteiger partial charge on any atom is -0.369 e. The van der Waals surface area contributed by atoms with Crippen molar-refractivity contribution in [2.24, 2.45) is 0 Å². The maximum atomic E-state index is 12.1. The standard InChI is InChI=1S/C15H18N4O4/c1-16-14(20)10-13(15(16)21)18-8-6-17(7-9-18)11-2-4-12(5-3-11)19(22)23/h2-5,13H,6-10H2,1H3/t13-/m0/s1. The molecule has 2 amide bonds. The molecule has 0 bridgehead atoms. The van der Waals surface area contributed by atoms with Crippen LogP contribution < -0.4 is 4.90 Å². The minimum atomic E-state index is -0.416. The van der Waals surface area contributed by atoms with Crippen molar-refractivity contribution in [3.63, 3.8) is 0 Å². The van der Waals surface area contributed by atoms with Crippen molar-refractivity contribution in [2.75, 3.05) is 38.1 Å². The number of likely N-dealkylation sites (tertiary alicyclic amines) is 1. The second-order valence-corrected chi connectivity index (χ2v) is 5.81. The van der Waals surface area contributed by atoms with E-state index in [4.69, 9.17) is 0 Å². The Morgan fingerprint density at radius 3 is 2.17 bits per heavy atom. The minimum absolute atomic E-state index is 0.0745. The number of imide groups is 1. The number of piperazine rings is 1. The van der Waals surface area contributed by atoms with Gasteiger partial charge in [0, 0.05) is 51.0 Å². The molecule has 3 rings (SSSR count). The highest BCUT2D eigenvalue weighted by atomic mass is 16.6. The van der Waals surface area contributed by atoms with E-state index in [0.29, 0.717) is 13.1 Å². The van der Waals surface area contributed by atoms with Gasteiger partial charge < -0.3 is 4.90 Å². The molecule has 8 nitrogen and oxygen atoms in total. The molecule has 8 heteroatoms. The number of anilines is 1. The summed E-state index contributed by atoms with van der Waals surface area (Å²) in [6.45, 7) is 2.82. The van der Waals surface area contributed by atoms with Crippen LogP contribution in [-0.4, -0.2) is 65.8 Å². The van der Waals surface area contributed by atoms with Gasteiger partial charge in [0.05, 0.1) is 17.4 Å². The van der Waals surface area contributed by atoms with E-state index in [1.165, 1.54) is 24.1 Å². The van der Waals surface area contributed by atoms with Crippen LogP contribution in [0.25, 0.3) is 0 Å². The van der Waals surface area contributed by atoms with Crippen LogP contribution in [0.15, 0.2) is 24.3 Å². The molecular weight excluding hydrogens is 300 g/mol. The Balaban J connectivity index is 1.61. The van der Waals surface area contributed by atoms with Crippen LogP contribution >= 0.6 is 0 Å².